The Morgan fingerprint density at radius 3 is 2.52 bits per heavy atom. The molecule has 21 heavy (non-hydrogen) atoms. The van der Waals surface area contributed by atoms with Gasteiger partial charge in [0, 0.05) is 12.7 Å². The number of rotatable bonds is 3. The number of hydrogen-bond acceptors (Lipinski definition) is 6. The van der Waals surface area contributed by atoms with Crippen molar-refractivity contribution in [1.82, 2.24) is 0 Å². The smallest absolute Gasteiger partial charge is 0.303 e. The number of carbonyl (C=O) groups is 1. The van der Waals surface area contributed by atoms with Crippen molar-refractivity contribution in [2.45, 2.75) is 75.4 Å². The van der Waals surface area contributed by atoms with Gasteiger partial charge in [0.15, 0.2) is 6.10 Å². The zero-order chi connectivity index (χ0) is 16.0. The molecule has 0 amide bonds. The molecule has 122 valence electrons. The zero-order valence-electron chi connectivity index (χ0n) is 13.6. The monoisotopic (exact) mass is 334 g/mol. The lowest BCUT2D eigenvalue weighted by atomic mass is 9.99. The molecule has 0 unspecified atom stereocenters. The number of thioether (sulfide) groups is 1. The van der Waals surface area contributed by atoms with Crippen molar-refractivity contribution in [2.75, 3.05) is 5.75 Å². The predicted molar refractivity (Wildman–Crippen MR) is 85.1 cm³/mol. The van der Waals surface area contributed by atoms with Crippen molar-refractivity contribution >= 4 is 26.5 Å². The molecule has 2 rings (SSSR count). The summed E-state index contributed by atoms with van der Waals surface area (Å²) in [5, 5.41) is 10.8. The molecule has 0 aromatic carbocycles. The number of aliphatic hydroxyl groups is 1. The topological polar surface area (TPSA) is 65.0 Å². The fourth-order valence-electron chi connectivity index (χ4n) is 2.96. The number of fused-ring (bicyclic) bond motifs is 2. The van der Waals surface area contributed by atoms with E-state index in [1.165, 1.54) is 6.92 Å². The molecule has 0 aromatic heterocycles. The molecule has 2 heterocycles. The molecule has 0 aromatic rings. The minimum atomic E-state index is -1.28. The van der Waals surface area contributed by atoms with Crippen LogP contribution >= 0.6 is 11.8 Å². The molecule has 5 atom stereocenters. The minimum absolute atomic E-state index is 0.247. The largest absolute Gasteiger partial charge is 0.457 e. The lowest BCUT2D eigenvalue weighted by Gasteiger charge is -2.49. The summed E-state index contributed by atoms with van der Waals surface area (Å²) in [6.45, 7) is 11.6. The SMILES string of the molecule is CC(=O)O[C@@H]1[C@H](O)[C@@H](OC(C)(C)C)[C@@]2([SiH](C)C)O[C@@H]1CS2. The number of carbonyl (C=O) groups excluding carboxylic acids is 1. The Morgan fingerprint density at radius 2 is 2.05 bits per heavy atom. The first kappa shape index (κ1) is 17.3. The van der Waals surface area contributed by atoms with E-state index >= 15 is 0 Å². The second-order valence-electron chi connectivity index (χ2n) is 7.06. The highest BCUT2D eigenvalue weighted by molar-refractivity contribution is 8.02. The third-order valence-electron chi connectivity index (χ3n) is 3.81. The molecule has 1 N–H and O–H groups in total. The van der Waals surface area contributed by atoms with Crippen molar-refractivity contribution in [1.29, 1.82) is 0 Å². The Bertz CT molecular complexity index is 411. The minimum Gasteiger partial charge on any atom is -0.457 e. The molecular formula is C14H26O5SSi. The van der Waals surface area contributed by atoms with E-state index in [1.54, 1.807) is 11.8 Å². The van der Waals surface area contributed by atoms with Crippen LogP contribution in [0.25, 0.3) is 0 Å². The molecule has 2 aliphatic heterocycles. The summed E-state index contributed by atoms with van der Waals surface area (Å²) >= 11 is 1.72. The highest BCUT2D eigenvalue weighted by Crippen LogP contribution is 2.50. The van der Waals surface area contributed by atoms with Gasteiger partial charge in [-0.1, -0.05) is 13.1 Å². The van der Waals surface area contributed by atoms with Crippen LogP contribution in [0.5, 0.6) is 0 Å². The van der Waals surface area contributed by atoms with Crippen LogP contribution in [0.1, 0.15) is 27.7 Å². The third-order valence-corrected chi connectivity index (χ3v) is 9.07. The van der Waals surface area contributed by atoms with Crippen molar-refractivity contribution in [3.05, 3.63) is 0 Å². The molecule has 2 fully saturated rings. The van der Waals surface area contributed by atoms with Crippen LogP contribution in [-0.4, -0.2) is 60.2 Å². The normalized spacial score (nSPS) is 39.6. The van der Waals surface area contributed by atoms with Crippen LogP contribution in [0.15, 0.2) is 0 Å². The first-order valence-electron chi connectivity index (χ1n) is 7.41. The van der Waals surface area contributed by atoms with Gasteiger partial charge in [-0.2, -0.15) is 0 Å². The number of hydrogen-bond donors (Lipinski definition) is 1. The molecule has 0 aliphatic carbocycles. The second-order valence-corrected chi connectivity index (χ2v) is 11.9. The summed E-state index contributed by atoms with van der Waals surface area (Å²) < 4.78 is 17.3. The van der Waals surface area contributed by atoms with Crippen molar-refractivity contribution < 1.29 is 24.1 Å². The van der Waals surface area contributed by atoms with Gasteiger partial charge in [0.1, 0.15) is 22.9 Å². The Hall–Kier alpha value is -0.0831. The van der Waals surface area contributed by atoms with E-state index < -0.39 is 43.2 Å². The Kier molecular flexibility index (Phi) is 4.81. The summed E-state index contributed by atoms with van der Waals surface area (Å²) in [6.07, 6.45) is -2.22. The average molecular weight is 335 g/mol. The van der Waals surface area contributed by atoms with Crippen LogP contribution in [0.2, 0.25) is 13.1 Å². The zero-order valence-corrected chi connectivity index (χ0v) is 15.6. The highest BCUT2D eigenvalue weighted by Gasteiger charge is 2.62. The van der Waals surface area contributed by atoms with Crippen LogP contribution in [0, 0.1) is 0 Å². The van der Waals surface area contributed by atoms with E-state index in [-0.39, 0.29) is 6.10 Å². The molecule has 0 saturated carbocycles. The van der Waals surface area contributed by atoms with E-state index in [4.69, 9.17) is 14.2 Å². The number of ether oxygens (including phenoxy) is 3. The summed E-state index contributed by atoms with van der Waals surface area (Å²) in [5.74, 6) is 0.327. The van der Waals surface area contributed by atoms with Gasteiger partial charge >= 0.3 is 5.97 Å². The lowest BCUT2D eigenvalue weighted by molar-refractivity contribution is -0.243. The Morgan fingerprint density at radius 1 is 1.43 bits per heavy atom. The van der Waals surface area contributed by atoms with Gasteiger partial charge in [-0.3, -0.25) is 4.79 Å². The van der Waals surface area contributed by atoms with Crippen molar-refractivity contribution in [3.63, 3.8) is 0 Å². The predicted octanol–water partition coefficient (Wildman–Crippen LogP) is 1.33. The van der Waals surface area contributed by atoms with Crippen LogP contribution in [0.4, 0.5) is 0 Å². The summed E-state index contributed by atoms with van der Waals surface area (Å²) in [5.41, 5.74) is -0.401. The van der Waals surface area contributed by atoms with Crippen LogP contribution in [0.3, 0.4) is 0 Å². The van der Waals surface area contributed by atoms with Crippen molar-refractivity contribution in [2.24, 2.45) is 0 Å². The number of esters is 1. The van der Waals surface area contributed by atoms with Gasteiger partial charge in [0.2, 0.25) is 0 Å². The first-order valence-corrected chi connectivity index (χ1v) is 11.3. The van der Waals surface area contributed by atoms with Gasteiger partial charge in [-0.05, 0) is 20.8 Å². The molecule has 0 radical (unpaired) electrons. The number of aliphatic hydroxyl groups excluding tert-OH is 1. The Labute approximate surface area is 132 Å². The molecule has 2 aliphatic rings. The fraction of sp³-hybridized carbons (Fsp3) is 0.929. The highest BCUT2D eigenvalue weighted by atomic mass is 32.2. The van der Waals surface area contributed by atoms with Crippen molar-refractivity contribution in [3.8, 4) is 0 Å². The quantitative estimate of drug-likeness (QED) is 0.620. The van der Waals surface area contributed by atoms with Crippen LogP contribution < -0.4 is 0 Å². The van der Waals surface area contributed by atoms with Gasteiger partial charge < -0.3 is 19.3 Å². The lowest BCUT2D eigenvalue weighted by Crippen LogP contribution is -2.66. The van der Waals surface area contributed by atoms with E-state index in [0.29, 0.717) is 0 Å². The molecule has 0 spiro atoms. The maximum Gasteiger partial charge on any atom is 0.303 e. The molecule has 7 heteroatoms. The first-order chi connectivity index (χ1) is 9.57. The third kappa shape index (κ3) is 3.31. The van der Waals surface area contributed by atoms with Gasteiger partial charge in [0.25, 0.3) is 0 Å². The Balaban J connectivity index is 2.32. The maximum atomic E-state index is 11.3. The molecule has 5 nitrogen and oxygen atoms in total. The molecule has 2 bridgehead atoms. The summed E-state index contributed by atoms with van der Waals surface area (Å²) in [4.78, 5) is 11.3. The van der Waals surface area contributed by atoms with Gasteiger partial charge in [0.05, 0.1) is 14.4 Å². The van der Waals surface area contributed by atoms with E-state index in [2.05, 4.69) is 13.1 Å². The summed E-state index contributed by atoms with van der Waals surface area (Å²) in [7, 11) is -1.28. The maximum absolute atomic E-state index is 11.3. The molecular weight excluding hydrogens is 308 g/mol. The van der Waals surface area contributed by atoms with Crippen LogP contribution in [-0.2, 0) is 19.0 Å². The molecule has 2 saturated heterocycles. The standard InChI is InChI=1S/C14H26O5SSi/c1-8(15)17-11-9-7-20-14(18-9,21(5)6)12(10(11)16)19-13(2,3)4/h9-12,16,21H,7H2,1-6H3/t9-,10+,11+,12-,14-/m1/s1. The summed E-state index contributed by atoms with van der Waals surface area (Å²) in [6, 6.07) is 0. The van der Waals surface area contributed by atoms with E-state index in [1.807, 2.05) is 20.8 Å². The van der Waals surface area contributed by atoms with Gasteiger partial charge in [-0.25, -0.2) is 0 Å². The van der Waals surface area contributed by atoms with Gasteiger partial charge in [-0.15, -0.1) is 11.8 Å². The fourth-order valence-corrected chi connectivity index (χ4v) is 7.18. The van der Waals surface area contributed by atoms with E-state index in [0.717, 1.165) is 5.75 Å². The van der Waals surface area contributed by atoms with E-state index in [9.17, 15) is 9.90 Å². The average Bonchev–Trinajstić information content (AvgIpc) is 2.72. The second kappa shape index (κ2) is 5.85.